The first-order valence-electron chi connectivity index (χ1n) is 8.23. The fraction of sp³-hybridized carbons (Fsp3) is 0.706. The molecular formula is C17H27ClN2O2S. The largest absolute Gasteiger partial charge is 0.444 e. The number of carbonyl (C=O) groups is 1. The number of amides is 1. The normalized spacial score (nSPS) is 20.4. The van der Waals surface area contributed by atoms with E-state index in [0.29, 0.717) is 0 Å². The van der Waals surface area contributed by atoms with Gasteiger partial charge in [0.15, 0.2) is 0 Å². The predicted octanol–water partition coefficient (Wildman–Crippen LogP) is 4.84. The quantitative estimate of drug-likeness (QED) is 0.837. The summed E-state index contributed by atoms with van der Waals surface area (Å²) in [5, 5.41) is 5.60. The van der Waals surface area contributed by atoms with E-state index in [1.54, 1.807) is 11.3 Å². The number of nitrogens with one attached hydrogen (secondary N) is 1. The second-order valence-electron chi connectivity index (χ2n) is 7.14. The zero-order valence-corrected chi connectivity index (χ0v) is 16.0. The van der Waals surface area contributed by atoms with E-state index in [9.17, 15) is 4.79 Å². The number of hydrogen-bond donors (Lipinski definition) is 1. The Morgan fingerprint density at radius 1 is 1.52 bits per heavy atom. The summed E-state index contributed by atoms with van der Waals surface area (Å²) in [6.45, 7) is 9.40. The number of ether oxygens (including phenoxy) is 1. The molecule has 2 rings (SSSR count). The number of piperidine rings is 1. The number of carbonyl (C=O) groups excluding carboxylic acids is 1. The number of thiophene rings is 1. The summed E-state index contributed by atoms with van der Waals surface area (Å²) in [7, 11) is 0. The van der Waals surface area contributed by atoms with Crippen LogP contribution in [0.2, 0.25) is 4.34 Å². The second-order valence-corrected chi connectivity index (χ2v) is 8.68. The molecule has 4 nitrogen and oxygen atoms in total. The maximum Gasteiger partial charge on any atom is 0.410 e. The van der Waals surface area contributed by atoms with Crippen molar-refractivity contribution in [2.24, 2.45) is 0 Å². The monoisotopic (exact) mass is 358 g/mol. The molecule has 0 bridgehead atoms. The molecule has 0 aliphatic carbocycles. The van der Waals surface area contributed by atoms with Gasteiger partial charge >= 0.3 is 6.09 Å². The molecule has 1 aromatic rings. The van der Waals surface area contributed by atoms with Crippen LogP contribution in [0, 0.1) is 0 Å². The first-order valence-corrected chi connectivity index (χ1v) is 9.49. The molecule has 2 unspecified atom stereocenters. The summed E-state index contributed by atoms with van der Waals surface area (Å²) in [4.78, 5) is 14.3. The molecule has 1 aliphatic rings. The van der Waals surface area contributed by atoms with Gasteiger partial charge in [-0.3, -0.25) is 0 Å². The van der Waals surface area contributed by atoms with E-state index in [1.165, 1.54) is 5.56 Å². The lowest BCUT2D eigenvalue weighted by atomic mass is 10.0. The van der Waals surface area contributed by atoms with Gasteiger partial charge in [-0.2, -0.15) is 0 Å². The van der Waals surface area contributed by atoms with Crippen LogP contribution in [0.1, 0.15) is 58.6 Å². The minimum absolute atomic E-state index is 0.190. The first-order chi connectivity index (χ1) is 10.8. The summed E-state index contributed by atoms with van der Waals surface area (Å²) in [6.07, 6.45) is 3.02. The molecule has 0 spiro atoms. The van der Waals surface area contributed by atoms with E-state index in [4.69, 9.17) is 16.3 Å². The van der Waals surface area contributed by atoms with Crippen LogP contribution in [0.3, 0.4) is 0 Å². The Labute approximate surface area is 148 Å². The van der Waals surface area contributed by atoms with Crippen LogP contribution >= 0.6 is 22.9 Å². The zero-order valence-electron chi connectivity index (χ0n) is 14.4. The van der Waals surface area contributed by atoms with Crippen molar-refractivity contribution in [3.05, 3.63) is 21.3 Å². The van der Waals surface area contributed by atoms with Crippen LogP contribution in [0.4, 0.5) is 4.79 Å². The molecular weight excluding hydrogens is 332 g/mol. The summed E-state index contributed by atoms with van der Waals surface area (Å²) >= 11 is 7.55. The molecule has 1 amide bonds. The Morgan fingerprint density at radius 3 is 2.87 bits per heavy atom. The molecule has 0 saturated carbocycles. The lowest BCUT2D eigenvalue weighted by molar-refractivity contribution is 0.00970. The highest BCUT2D eigenvalue weighted by Gasteiger charge is 2.30. The van der Waals surface area contributed by atoms with E-state index in [0.717, 1.165) is 36.7 Å². The van der Waals surface area contributed by atoms with E-state index < -0.39 is 5.60 Å². The molecule has 2 atom stereocenters. The summed E-state index contributed by atoms with van der Waals surface area (Å²) in [5.41, 5.74) is 0.743. The van der Waals surface area contributed by atoms with Crippen LogP contribution in [0.25, 0.3) is 0 Å². The Morgan fingerprint density at radius 2 is 2.26 bits per heavy atom. The molecule has 23 heavy (non-hydrogen) atoms. The van der Waals surface area contributed by atoms with E-state index >= 15 is 0 Å². The zero-order chi connectivity index (χ0) is 17.0. The van der Waals surface area contributed by atoms with Crippen molar-refractivity contribution in [2.45, 2.75) is 64.6 Å². The van der Waals surface area contributed by atoms with Gasteiger partial charge in [0.05, 0.1) is 4.34 Å². The highest BCUT2D eigenvalue weighted by molar-refractivity contribution is 7.14. The topological polar surface area (TPSA) is 41.6 Å². The van der Waals surface area contributed by atoms with Gasteiger partial charge in [0.2, 0.25) is 0 Å². The molecule has 0 radical (unpaired) electrons. The number of hydrogen-bond acceptors (Lipinski definition) is 4. The summed E-state index contributed by atoms with van der Waals surface area (Å²) < 4.78 is 6.35. The van der Waals surface area contributed by atoms with Crippen LogP contribution in [0.5, 0.6) is 0 Å². The van der Waals surface area contributed by atoms with Crippen molar-refractivity contribution in [3.8, 4) is 0 Å². The Balaban J connectivity index is 1.92. The van der Waals surface area contributed by atoms with Crippen molar-refractivity contribution in [2.75, 3.05) is 13.1 Å². The third kappa shape index (κ3) is 5.66. The van der Waals surface area contributed by atoms with Gasteiger partial charge in [0, 0.05) is 25.2 Å². The molecule has 1 saturated heterocycles. The molecule has 2 heterocycles. The molecule has 6 heteroatoms. The highest BCUT2D eigenvalue weighted by atomic mass is 35.5. The van der Waals surface area contributed by atoms with Gasteiger partial charge in [-0.05, 0) is 64.0 Å². The van der Waals surface area contributed by atoms with Crippen LogP contribution < -0.4 is 5.32 Å². The number of likely N-dealkylation sites (tertiary alicyclic amines) is 1. The standard InChI is InChI=1S/C17H27ClN2O2S/c1-12(13-9-15(18)23-11-13)19-10-14-7-5-6-8-20(14)16(21)22-17(2,3)4/h9,11-12,14,19H,5-8,10H2,1-4H3. The first kappa shape index (κ1) is 18.6. The van der Waals surface area contributed by atoms with Crippen LogP contribution in [0.15, 0.2) is 11.4 Å². The number of halogens is 1. The average molecular weight is 359 g/mol. The summed E-state index contributed by atoms with van der Waals surface area (Å²) in [5.74, 6) is 0. The maximum absolute atomic E-state index is 12.4. The van der Waals surface area contributed by atoms with Crippen molar-refractivity contribution in [3.63, 3.8) is 0 Å². The minimum atomic E-state index is -0.451. The van der Waals surface area contributed by atoms with Crippen molar-refractivity contribution < 1.29 is 9.53 Å². The molecule has 1 fully saturated rings. The minimum Gasteiger partial charge on any atom is -0.444 e. The van der Waals surface area contributed by atoms with Crippen molar-refractivity contribution in [1.82, 2.24) is 10.2 Å². The van der Waals surface area contributed by atoms with Gasteiger partial charge in [0.25, 0.3) is 0 Å². The Kier molecular flexibility index (Phi) is 6.34. The van der Waals surface area contributed by atoms with Gasteiger partial charge in [-0.1, -0.05) is 11.6 Å². The Bertz CT molecular complexity index is 527. The molecule has 0 aromatic carbocycles. The smallest absolute Gasteiger partial charge is 0.410 e. The predicted molar refractivity (Wildman–Crippen MR) is 96.3 cm³/mol. The van der Waals surface area contributed by atoms with E-state index in [2.05, 4.69) is 17.6 Å². The van der Waals surface area contributed by atoms with Crippen molar-refractivity contribution >= 4 is 29.0 Å². The molecule has 1 N–H and O–H groups in total. The van der Waals surface area contributed by atoms with E-state index in [-0.39, 0.29) is 18.2 Å². The van der Waals surface area contributed by atoms with Crippen LogP contribution in [-0.2, 0) is 4.74 Å². The second kappa shape index (κ2) is 7.86. The fourth-order valence-electron chi connectivity index (χ4n) is 2.75. The van der Waals surface area contributed by atoms with Gasteiger partial charge in [-0.15, -0.1) is 11.3 Å². The SMILES string of the molecule is CC(NCC1CCCCN1C(=O)OC(C)(C)C)c1csc(Cl)c1. The third-order valence-electron chi connectivity index (χ3n) is 4.00. The van der Waals surface area contributed by atoms with Crippen LogP contribution in [-0.4, -0.2) is 35.7 Å². The third-order valence-corrected chi connectivity index (χ3v) is 5.11. The lowest BCUT2D eigenvalue weighted by Crippen LogP contribution is -2.50. The van der Waals surface area contributed by atoms with Gasteiger partial charge in [-0.25, -0.2) is 4.79 Å². The van der Waals surface area contributed by atoms with Gasteiger partial charge < -0.3 is 15.0 Å². The van der Waals surface area contributed by atoms with E-state index in [1.807, 2.05) is 31.7 Å². The Hall–Kier alpha value is -0.780. The highest BCUT2D eigenvalue weighted by Crippen LogP contribution is 2.25. The summed E-state index contributed by atoms with van der Waals surface area (Å²) in [6, 6.07) is 2.41. The molecule has 1 aromatic heterocycles. The maximum atomic E-state index is 12.4. The number of rotatable bonds is 4. The van der Waals surface area contributed by atoms with Gasteiger partial charge in [0.1, 0.15) is 5.60 Å². The molecule has 130 valence electrons. The average Bonchev–Trinajstić information content (AvgIpc) is 2.90. The van der Waals surface area contributed by atoms with Crippen molar-refractivity contribution in [1.29, 1.82) is 0 Å². The fourth-order valence-corrected chi connectivity index (χ4v) is 3.74. The lowest BCUT2D eigenvalue weighted by Gasteiger charge is -2.37. The number of nitrogens with zero attached hydrogens (tertiary/aromatic N) is 1. The molecule has 1 aliphatic heterocycles.